The van der Waals surface area contributed by atoms with Crippen LogP contribution in [0.25, 0.3) is 16.8 Å². The molecule has 8 nitrogen and oxygen atoms in total. The molecule has 0 atom stereocenters. The third kappa shape index (κ3) is 4.32. The minimum absolute atomic E-state index is 0.431. The topological polar surface area (TPSA) is 106 Å². The first-order chi connectivity index (χ1) is 14.6. The Kier molecular flexibility index (Phi) is 6.46. The van der Waals surface area contributed by atoms with Crippen molar-refractivity contribution in [2.45, 2.75) is 25.2 Å². The van der Waals surface area contributed by atoms with Crippen LogP contribution in [0.5, 0.6) is 0 Å². The van der Waals surface area contributed by atoms with Crippen LogP contribution in [0.2, 0.25) is 0 Å². The predicted octanol–water partition coefficient (Wildman–Crippen LogP) is 3.27. The fourth-order valence-electron chi connectivity index (χ4n) is 3.19. The summed E-state index contributed by atoms with van der Waals surface area (Å²) in [5, 5.41) is 20.4. The van der Waals surface area contributed by atoms with E-state index in [9.17, 15) is 14.7 Å². The molecular formula is C22H24N4O4. The van der Waals surface area contributed by atoms with Crippen molar-refractivity contribution in [1.82, 2.24) is 15.0 Å². The molecule has 0 radical (unpaired) electrons. The average Bonchev–Trinajstić information content (AvgIpc) is 3.46. The molecule has 0 saturated heterocycles. The van der Waals surface area contributed by atoms with Crippen molar-refractivity contribution in [2.24, 2.45) is 0 Å². The number of nitrogens with zero attached hydrogens (tertiary/aromatic N) is 3. The molecule has 0 amide bonds. The van der Waals surface area contributed by atoms with Crippen molar-refractivity contribution < 1.29 is 19.4 Å². The molecule has 1 aliphatic carbocycles. The van der Waals surface area contributed by atoms with Crippen LogP contribution in [0.3, 0.4) is 0 Å². The van der Waals surface area contributed by atoms with Gasteiger partial charge in [-0.1, -0.05) is 41.6 Å². The van der Waals surface area contributed by atoms with Crippen molar-refractivity contribution >= 4 is 18.3 Å². The highest BCUT2D eigenvalue weighted by Crippen LogP contribution is 2.48. The molecule has 4 rings (SSSR count). The Balaban J connectivity index is 0.000000461. The molecule has 2 aromatic carbocycles. The SMILES string of the molecule is CCOC=O.CNc1cnnn1-c1ccc(-c2ccc(C3(C(=O)O)CC3)cc2)cc1. The van der Waals surface area contributed by atoms with Gasteiger partial charge >= 0.3 is 5.97 Å². The molecule has 1 heterocycles. The molecule has 0 bridgehead atoms. The van der Waals surface area contributed by atoms with Gasteiger partial charge in [0.1, 0.15) is 5.82 Å². The van der Waals surface area contributed by atoms with Crippen LogP contribution in [0.15, 0.2) is 54.7 Å². The average molecular weight is 408 g/mol. The van der Waals surface area contributed by atoms with Crippen molar-refractivity contribution in [3.05, 3.63) is 60.3 Å². The number of anilines is 1. The van der Waals surface area contributed by atoms with Crippen LogP contribution in [0.4, 0.5) is 5.82 Å². The number of carbonyl (C=O) groups excluding carboxylic acids is 1. The number of hydrogen-bond acceptors (Lipinski definition) is 6. The minimum atomic E-state index is -0.724. The summed E-state index contributed by atoms with van der Waals surface area (Å²) in [6.07, 6.45) is 3.12. The summed E-state index contributed by atoms with van der Waals surface area (Å²) in [5.74, 6) is 0.0956. The van der Waals surface area contributed by atoms with Crippen molar-refractivity contribution in [3.8, 4) is 16.8 Å². The first-order valence-corrected chi connectivity index (χ1v) is 9.64. The van der Waals surface area contributed by atoms with Gasteiger partial charge in [0.2, 0.25) is 0 Å². The molecule has 30 heavy (non-hydrogen) atoms. The van der Waals surface area contributed by atoms with E-state index in [1.54, 1.807) is 17.8 Å². The Bertz CT molecular complexity index is 993. The molecule has 2 N–H and O–H groups in total. The molecule has 1 aliphatic rings. The normalized spacial score (nSPS) is 13.5. The highest BCUT2D eigenvalue weighted by atomic mass is 16.5. The van der Waals surface area contributed by atoms with Gasteiger partial charge in [-0.2, -0.15) is 4.68 Å². The van der Waals surface area contributed by atoms with Gasteiger partial charge in [0, 0.05) is 7.05 Å². The fraction of sp³-hybridized carbons (Fsp3) is 0.273. The zero-order valence-corrected chi connectivity index (χ0v) is 16.9. The maximum atomic E-state index is 11.4. The molecule has 3 aromatic rings. The smallest absolute Gasteiger partial charge is 0.314 e. The third-order valence-electron chi connectivity index (χ3n) is 5.08. The Labute approximate surface area is 174 Å². The molecule has 156 valence electrons. The fourth-order valence-corrected chi connectivity index (χ4v) is 3.19. The molecular weight excluding hydrogens is 384 g/mol. The number of aliphatic carboxylic acids is 1. The summed E-state index contributed by atoms with van der Waals surface area (Å²) in [4.78, 5) is 20.6. The van der Waals surface area contributed by atoms with Crippen LogP contribution in [0, 0.1) is 0 Å². The Morgan fingerprint density at radius 2 is 1.77 bits per heavy atom. The molecule has 8 heteroatoms. The molecule has 1 saturated carbocycles. The van der Waals surface area contributed by atoms with E-state index in [2.05, 4.69) is 20.4 Å². The lowest BCUT2D eigenvalue weighted by atomic mass is 9.94. The molecule has 1 fully saturated rings. The van der Waals surface area contributed by atoms with E-state index >= 15 is 0 Å². The first-order valence-electron chi connectivity index (χ1n) is 9.64. The number of carbonyl (C=O) groups is 2. The van der Waals surface area contributed by atoms with Gasteiger partial charge in [0.25, 0.3) is 6.47 Å². The highest BCUT2D eigenvalue weighted by molar-refractivity contribution is 5.85. The summed E-state index contributed by atoms with van der Waals surface area (Å²) >= 11 is 0. The van der Waals surface area contributed by atoms with Crippen molar-refractivity contribution in [3.63, 3.8) is 0 Å². The van der Waals surface area contributed by atoms with E-state index < -0.39 is 11.4 Å². The number of rotatable bonds is 7. The van der Waals surface area contributed by atoms with Crippen LogP contribution >= 0.6 is 0 Å². The monoisotopic (exact) mass is 408 g/mol. The van der Waals surface area contributed by atoms with E-state index in [0.717, 1.165) is 41.0 Å². The largest absolute Gasteiger partial charge is 0.481 e. The Morgan fingerprint density at radius 1 is 1.17 bits per heavy atom. The van der Waals surface area contributed by atoms with E-state index in [-0.39, 0.29) is 0 Å². The number of benzene rings is 2. The van der Waals surface area contributed by atoms with Gasteiger partial charge in [-0.15, -0.1) is 5.10 Å². The van der Waals surface area contributed by atoms with Gasteiger partial charge in [-0.05, 0) is 48.6 Å². The summed E-state index contributed by atoms with van der Waals surface area (Å²) in [6, 6.07) is 15.9. The molecule has 1 aromatic heterocycles. The summed E-state index contributed by atoms with van der Waals surface area (Å²) in [6.45, 7) is 2.66. The number of carboxylic acid groups (broad SMARTS) is 1. The van der Waals surface area contributed by atoms with Gasteiger partial charge in [-0.3, -0.25) is 9.59 Å². The summed E-state index contributed by atoms with van der Waals surface area (Å²) < 4.78 is 5.89. The number of hydrogen-bond donors (Lipinski definition) is 2. The zero-order valence-electron chi connectivity index (χ0n) is 16.9. The van der Waals surface area contributed by atoms with E-state index in [0.29, 0.717) is 13.1 Å². The number of aromatic nitrogens is 3. The van der Waals surface area contributed by atoms with Gasteiger partial charge < -0.3 is 15.2 Å². The quantitative estimate of drug-likeness (QED) is 0.578. The van der Waals surface area contributed by atoms with Gasteiger partial charge in [0.05, 0.1) is 23.9 Å². The van der Waals surface area contributed by atoms with Gasteiger partial charge in [0.15, 0.2) is 0 Å². The maximum absolute atomic E-state index is 11.4. The predicted molar refractivity (Wildman–Crippen MR) is 113 cm³/mol. The second-order valence-electron chi connectivity index (χ2n) is 6.84. The van der Waals surface area contributed by atoms with Crippen molar-refractivity contribution in [1.29, 1.82) is 0 Å². The van der Waals surface area contributed by atoms with Crippen LogP contribution in [-0.4, -0.2) is 46.2 Å². The Morgan fingerprint density at radius 3 is 2.20 bits per heavy atom. The standard InChI is InChI=1S/C19H18N4O2.C3H6O2/c1-20-17-12-21-22-23(17)16-8-4-14(5-9-16)13-2-6-15(7-3-13)19(10-11-19)18(24)25;1-2-5-3-4/h2-9,12,20H,10-11H2,1H3,(H,24,25);3H,2H2,1H3. The van der Waals surface area contributed by atoms with Crippen LogP contribution in [0.1, 0.15) is 25.3 Å². The van der Waals surface area contributed by atoms with E-state index in [1.165, 1.54) is 0 Å². The van der Waals surface area contributed by atoms with Gasteiger partial charge in [-0.25, -0.2) is 0 Å². The lowest BCUT2D eigenvalue weighted by Gasteiger charge is -2.11. The molecule has 0 aliphatic heterocycles. The van der Waals surface area contributed by atoms with Crippen molar-refractivity contribution in [2.75, 3.05) is 19.0 Å². The number of ether oxygens (including phenoxy) is 1. The summed E-state index contributed by atoms with van der Waals surface area (Å²) in [7, 11) is 1.83. The van der Waals surface area contributed by atoms with Crippen LogP contribution in [-0.2, 0) is 19.7 Å². The Hall–Kier alpha value is -3.68. The van der Waals surface area contributed by atoms with E-state index in [1.807, 2.05) is 55.6 Å². The summed E-state index contributed by atoms with van der Waals surface area (Å²) in [5.41, 5.74) is 3.29. The lowest BCUT2D eigenvalue weighted by Crippen LogP contribution is -2.19. The zero-order chi connectivity index (χ0) is 21.6. The minimum Gasteiger partial charge on any atom is -0.481 e. The first kappa shape index (κ1) is 21.0. The number of nitrogens with one attached hydrogen (secondary N) is 1. The highest BCUT2D eigenvalue weighted by Gasteiger charge is 2.51. The second-order valence-corrected chi connectivity index (χ2v) is 6.84. The second kappa shape index (κ2) is 9.21. The lowest BCUT2D eigenvalue weighted by molar-refractivity contribution is -0.140. The van der Waals surface area contributed by atoms with Crippen LogP contribution < -0.4 is 5.32 Å². The maximum Gasteiger partial charge on any atom is 0.314 e. The molecule has 0 spiro atoms. The third-order valence-corrected chi connectivity index (χ3v) is 5.08. The number of carboxylic acids is 1. The van der Waals surface area contributed by atoms with E-state index in [4.69, 9.17) is 0 Å². The molecule has 0 unspecified atom stereocenters.